The number of fused-ring (bicyclic) bond motifs is 1. The molecule has 0 unspecified atom stereocenters. The summed E-state index contributed by atoms with van der Waals surface area (Å²) in [7, 11) is 0. The highest BCUT2D eigenvalue weighted by atomic mass is 19.1. The van der Waals surface area contributed by atoms with E-state index in [9.17, 15) is 4.39 Å². The van der Waals surface area contributed by atoms with Crippen molar-refractivity contribution in [1.29, 1.82) is 0 Å². The van der Waals surface area contributed by atoms with Crippen LogP contribution in [-0.4, -0.2) is 27.7 Å². The quantitative estimate of drug-likeness (QED) is 0.725. The maximum atomic E-state index is 13.6. The average molecular weight is 297 g/mol. The third-order valence-corrected chi connectivity index (χ3v) is 4.09. The summed E-state index contributed by atoms with van der Waals surface area (Å²) in [4.78, 5) is 9.18. The molecular weight excluding hydrogens is 281 g/mol. The van der Waals surface area contributed by atoms with Gasteiger partial charge in [-0.2, -0.15) is 0 Å². The Morgan fingerprint density at radius 3 is 2.82 bits per heavy atom. The van der Waals surface area contributed by atoms with Crippen LogP contribution in [0.2, 0.25) is 0 Å². The van der Waals surface area contributed by atoms with Crippen LogP contribution in [0.3, 0.4) is 0 Å². The molecule has 2 aromatic heterocycles. The molecule has 4 rings (SSSR count). The van der Waals surface area contributed by atoms with Gasteiger partial charge in [-0.05, 0) is 37.1 Å². The van der Waals surface area contributed by atoms with Crippen molar-refractivity contribution in [2.75, 3.05) is 13.2 Å². The lowest BCUT2D eigenvalue weighted by atomic mass is 10.1. The van der Waals surface area contributed by atoms with E-state index in [0.717, 1.165) is 48.6 Å². The third-order valence-electron chi connectivity index (χ3n) is 4.09. The Kier molecular flexibility index (Phi) is 3.35. The molecular formula is C17H16FN3O. The zero-order valence-corrected chi connectivity index (χ0v) is 12.1. The Balaban J connectivity index is 1.93. The number of nitrogens with zero attached hydrogens (tertiary/aromatic N) is 3. The van der Waals surface area contributed by atoms with Crippen molar-refractivity contribution in [3.8, 4) is 11.4 Å². The minimum atomic E-state index is -0.254. The van der Waals surface area contributed by atoms with Crippen LogP contribution in [0.25, 0.3) is 22.6 Å². The van der Waals surface area contributed by atoms with Gasteiger partial charge < -0.3 is 9.30 Å². The van der Waals surface area contributed by atoms with Crippen LogP contribution in [0.5, 0.6) is 0 Å². The number of pyridine rings is 1. The molecule has 5 heteroatoms. The number of ether oxygens (including phenoxy) is 1. The third kappa shape index (κ3) is 2.27. The summed E-state index contributed by atoms with van der Waals surface area (Å²) < 4.78 is 21.2. The Labute approximate surface area is 127 Å². The molecule has 22 heavy (non-hydrogen) atoms. The second-order valence-electron chi connectivity index (χ2n) is 5.51. The zero-order valence-electron chi connectivity index (χ0n) is 12.1. The number of hydrogen-bond acceptors (Lipinski definition) is 3. The van der Waals surface area contributed by atoms with Crippen molar-refractivity contribution in [1.82, 2.24) is 14.5 Å². The normalized spacial score (nSPS) is 16.2. The van der Waals surface area contributed by atoms with Gasteiger partial charge in [-0.25, -0.2) is 14.4 Å². The molecule has 0 aliphatic carbocycles. The van der Waals surface area contributed by atoms with E-state index >= 15 is 0 Å². The largest absolute Gasteiger partial charge is 0.381 e. The summed E-state index contributed by atoms with van der Waals surface area (Å²) >= 11 is 0. The summed E-state index contributed by atoms with van der Waals surface area (Å²) in [5.74, 6) is 0.524. The van der Waals surface area contributed by atoms with Gasteiger partial charge in [0.1, 0.15) is 17.2 Å². The molecule has 0 amide bonds. The molecule has 1 aliphatic rings. The van der Waals surface area contributed by atoms with Crippen LogP contribution in [0.15, 0.2) is 42.6 Å². The fourth-order valence-electron chi connectivity index (χ4n) is 3.05. The van der Waals surface area contributed by atoms with E-state index in [1.54, 1.807) is 12.3 Å². The maximum absolute atomic E-state index is 13.6. The van der Waals surface area contributed by atoms with E-state index in [1.807, 2.05) is 18.2 Å². The Hall–Kier alpha value is -2.27. The van der Waals surface area contributed by atoms with Gasteiger partial charge in [0.2, 0.25) is 0 Å². The average Bonchev–Trinajstić information content (AvgIpc) is 2.95. The molecule has 112 valence electrons. The topological polar surface area (TPSA) is 39.9 Å². The molecule has 0 radical (unpaired) electrons. The molecule has 1 aromatic carbocycles. The van der Waals surface area contributed by atoms with Gasteiger partial charge in [-0.15, -0.1) is 0 Å². The molecule has 1 fully saturated rings. The Bertz CT molecular complexity index is 809. The minimum absolute atomic E-state index is 0.254. The number of halogens is 1. The maximum Gasteiger partial charge on any atom is 0.160 e. The first-order chi connectivity index (χ1) is 10.8. The van der Waals surface area contributed by atoms with Crippen molar-refractivity contribution < 1.29 is 9.13 Å². The van der Waals surface area contributed by atoms with Gasteiger partial charge in [-0.3, -0.25) is 0 Å². The Morgan fingerprint density at radius 1 is 1.14 bits per heavy atom. The fourth-order valence-corrected chi connectivity index (χ4v) is 3.05. The van der Waals surface area contributed by atoms with Gasteiger partial charge in [0.05, 0.1) is 0 Å². The molecule has 0 N–H and O–H groups in total. The first-order valence-electron chi connectivity index (χ1n) is 7.49. The van der Waals surface area contributed by atoms with E-state index in [0.29, 0.717) is 0 Å². The highest BCUT2D eigenvalue weighted by molar-refractivity contribution is 5.77. The van der Waals surface area contributed by atoms with E-state index in [-0.39, 0.29) is 11.9 Å². The monoisotopic (exact) mass is 297 g/mol. The highest BCUT2D eigenvalue weighted by Crippen LogP contribution is 2.32. The number of imidazole rings is 1. The van der Waals surface area contributed by atoms with Crippen LogP contribution < -0.4 is 0 Å². The molecule has 0 atom stereocenters. The van der Waals surface area contributed by atoms with Crippen molar-refractivity contribution in [2.45, 2.75) is 18.9 Å². The van der Waals surface area contributed by atoms with Crippen LogP contribution >= 0.6 is 0 Å². The summed E-state index contributed by atoms with van der Waals surface area (Å²) in [6, 6.07) is 10.7. The van der Waals surface area contributed by atoms with Crippen molar-refractivity contribution >= 4 is 11.2 Å². The van der Waals surface area contributed by atoms with Gasteiger partial charge in [0, 0.05) is 31.0 Å². The van der Waals surface area contributed by atoms with Crippen LogP contribution in [0.1, 0.15) is 18.9 Å². The molecule has 3 aromatic rings. The summed E-state index contributed by atoms with van der Waals surface area (Å²) in [5.41, 5.74) is 2.48. The predicted octanol–water partition coefficient (Wildman–Crippen LogP) is 3.59. The van der Waals surface area contributed by atoms with Crippen molar-refractivity contribution in [3.63, 3.8) is 0 Å². The summed E-state index contributed by atoms with van der Waals surface area (Å²) in [6.07, 6.45) is 3.61. The van der Waals surface area contributed by atoms with E-state index < -0.39 is 0 Å². The summed E-state index contributed by atoms with van der Waals surface area (Å²) in [5, 5.41) is 0. The number of benzene rings is 1. The molecule has 4 nitrogen and oxygen atoms in total. The fraction of sp³-hybridized carbons (Fsp3) is 0.294. The number of rotatable bonds is 2. The van der Waals surface area contributed by atoms with Gasteiger partial charge in [-0.1, -0.05) is 12.1 Å². The SMILES string of the molecule is Fc1cccc(-c2nc3cccnc3n2C2CCOCC2)c1. The number of aromatic nitrogens is 3. The highest BCUT2D eigenvalue weighted by Gasteiger charge is 2.23. The second kappa shape index (κ2) is 5.50. The van der Waals surface area contributed by atoms with Crippen LogP contribution in [-0.2, 0) is 4.74 Å². The van der Waals surface area contributed by atoms with Crippen molar-refractivity contribution in [3.05, 3.63) is 48.4 Å². The number of hydrogen-bond donors (Lipinski definition) is 0. The van der Waals surface area contributed by atoms with E-state index in [2.05, 4.69) is 9.55 Å². The van der Waals surface area contributed by atoms with Gasteiger partial charge in [0.15, 0.2) is 5.65 Å². The summed E-state index contributed by atoms with van der Waals surface area (Å²) in [6.45, 7) is 1.47. The predicted molar refractivity (Wildman–Crippen MR) is 82.0 cm³/mol. The van der Waals surface area contributed by atoms with E-state index in [1.165, 1.54) is 12.1 Å². The van der Waals surface area contributed by atoms with Crippen LogP contribution in [0.4, 0.5) is 4.39 Å². The molecule has 1 saturated heterocycles. The van der Waals surface area contributed by atoms with Crippen molar-refractivity contribution in [2.24, 2.45) is 0 Å². The first-order valence-corrected chi connectivity index (χ1v) is 7.49. The van der Waals surface area contributed by atoms with Gasteiger partial charge >= 0.3 is 0 Å². The Morgan fingerprint density at radius 2 is 2.00 bits per heavy atom. The first kappa shape index (κ1) is 13.4. The van der Waals surface area contributed by atoms with E-state index in [4.69, 9.17) is 9.72 Å². The molecule has 0 spiro atoms. The van der Waals surface area contributed by atoms with Gasteiger partial charge in [0.25, 0.3) is 0 Å². The molecule has 3 heterocycles. The lowest BCUT2D eigenvalue weighted by molar-refractivity contribution is 0.0708. The second-order valence-corrected chi connectivity index (χ2v) is 5.51. The molecule has 0 bridgehead atoms. The standard InChI is InChI=1S/C17H16FN3O/c18-13-4-1-3-12(11-13)16-20-15-5-2-8-19-17(15)21(16)14-6-9-22-10-7-14/h1-5,8,11,14H,6-7,9-10H2. The smallest absolute Gasteiger partial charge is 0.160 e. The van der Waals surface area contributed by atoms with Crippen LogP contribution in [0, 0.1) is 5.82 Å². The lowest BCUT2D eigenvalue weighted by Crippen LogP contribution is -2.20. The minimum Gasteiger partial charge on any atom is -0.381 e. The zero-order chi connectivity index (χ0) is 14.9. The molecule has 0 saturated carbocycles. The molecule has 1 aliphatic heterocycles. The lowest BCUT2D eigenvalue weighted by Gasteiger charge is -2.25.